The Labute approximate surface area is 124 Å². The highest BCUT2D eigenvalue weighted by molar-refractivity contribution is 6.03. The zero-order chi connectivity index (χ0) is 15.7. The number of para-hydroxylation sites is 2. The molecule has 1 aliphatic heterocycles. The van der Waals surface area contributed by atoms with E-state index >= 15 is 0 Å². The third kappa shape index (κ3) is 2.44. The molecule has 1 atom stereocenters. The van der Waals surface area contributed by atoms with Gasteiger partial charge in [-0.2, -0.15) is 0 Å². The van der Waals surface area contributed by atoms with Crippen molar-refractivity contribution in [2.45, 2.75) is 6.10 Å². The minimum absolute atomic E-state index is 0.00962. The average Bonchev–Trinajstić information content (AvgIpc) is 2.50. The first-order chi connectivity index (χ1) is 10.6. The number of aromatic hydroxyl groups is 1. The van der Waals surface area contributed by atoms with Crippen LogP contribution < -0.4 is 9.47 Å². The van der Waals surface area contributed by atoms with Gasteiger partial charge in [0.15, 0.2) is 11.9 Å². The number of hydrogen-bond donors (Lipinski definition) is 1. The number of fused-ring (bicyclic) bond motifs is 1. The van der Waals surface area contributed by atoms with E-state index in [1.165, 1.54) is 36.4 Å². The van der Waals surface area contributed by atoms with E-state index in [1.807, 2.05) is 0 Å². The van der Waals surface area contributed by atoms with Crippen molar-refractivity contribution in [1.82, 2.24) is 0 Å². The average molecular weight is 301 g/mol. The van der Waals surface area contributed by atoms with Crippen molar-refractivity contribution < 1.29 is 24.3 Å². The quantitative estimate of drug-likeness (QED) is 0.690. The van der Waals surface area contributed by atoms with Gasteiger partial charge in [0.25, 0.3) is 0 Å². The summed E-state index contributed by atoms with van der Waals surface area (Å²) in [5.41, 5.74) is 0.0550. The number of nitro benzene ring substituents is 1. The summed E-state index contributed by atoms with van der Waals surface area (Å²) in [6.45, 7) is -0.0820. The Bertz CT molecular complexity index is 757. The summed E-state index contributed by atoms with van der Waals surface area (Å²) in [5.74, 6) is -0.0758. The van der Waals surface area contributed by atoms with Crippen molar-refractivity contribution in [3.63, 3.8) is 0 Å². The number of ketones is 1. The van der Waals surface area contributed by atoms with Crippen LogP contribution in [0.2, 0.25) is 0 Å². The Kier molecular flexibility index (Phi) is 3.38. The lowest BCUT2D eigenvalue weighted by Crippen LogP contribution is -2.37. The van der Waals surface area contributed by atoms with Crippen LogP contribution in [0.1, 0.15) is 10.4 Å². The monoisotopic (exact) mass is 301 g/mol. The normalized spacial score (nSPS) is 16.5. The molecule has 22 heavy (non-hydrogen) atoms. The summed E-state index contributed by atoms with van der Waals surface area (Å²) < 4.78 is 10.9. The van der Waals surface area contributed by atoms with E-state index < -0.39 is 11.0 Å². The predicted molar refractivity (Wildman–Crippen MR) is 75.4 cm³/mol. The Morgan fingerprint density at radius 3 is 2.82 bits per heavy atom. The van der Waals surface area contributed by atoms with Crippen molar-refractivity contribution in [2.24, 2.45) is 0 Å². The minimum Gasteiger partial charge on any atom is -0.508 e. The second-order valence-electron chi connectivity index (χ2n) is 4.69. The lowest BCUT2D eigenvalue weighted by Gasteiger charge is -2.24. The van der Waals surface area contributed by atoms with Gasteiger partial charge in [-0.05, 0) is 18.2 Å². The molecule has 0 amide bonds. The molecule has 0 spiro atoms. The molecule has 0 aromatic heterocycles. The molecule has 7 heteroatoms. The van der Waals surface area contributed by atoms with Gasteiger partial charge in [-0.1, -0.05) is 12.1 Å². The van der Waals surface area contributed by atoms with Crippen LogP contribution >= 0.6 is 0 Å². The summed E-state index contributed by atoms with van der Waals surface area (Å²) in [7, 11) is 0. The van der Waals surface area contributed by atoms with E-state index in [9.17, 15) is 20.0 Å². The number of phenolic OH excluding ortho intramolecular Hbond substituents is 1. The number of carbonyl (C=O) groups is 1. The third-order valence-electron chi connectivity index (χ3n) is 3.24. The number of rotatable bonds is 3. The maximum atomic E-state index is 12.4. The smallest absolute Gasteiger partial charge is 0.310 e. The molecular weight excluding hydrogens is 290 g/mol. The zero-order valence-corrected chi connectivity index (χ0v) is 11.3. The summed E-state index contributed by atoms with van der Waals surface area (Å²) in [5, 5.41) is 20.3. The molecule has 2 aromatic carbocycles. The van der Waals surface area contributed by atoms with Crippen molar-refractivity contribution in [2.75, 3.05) is 6.61 Å². The Morgan fingerprint density at radius 1 is 1.27 bits per heavy atom. The van der Waals surface area contributed by atoms with Gasteiger partial charge in [0.1, 0.15) is 18.1 Å². The van der Waals surface area contributed by atoms with E-state index in [1.54, 1.807) is 6.07 Å². The number of nitro groups is 1. The van der Waals surface area contributed by atoms with Gasteiger partial charge in [-0.3, -0.25) is 14.9 Å². The number of ether oxygens (including phenoxy) is 2. The SMILES string of the molecule is O=C1c2ccc(O)cc2OCC1Oc1ccccc1[N+](=O)[O-]. The van der Waals surface area contributed by atoms with Gasteiger partial charge in [0.2, 0.25) is 5.78 Å². The summed E-state index contributed by atoms with van der Waals surface area (Å²) in [4.78, 5) is 22.7. The van der Waals surface area contributed by atoms with Crippen LogP contribution in [0.4, 0.5) is 5.69 Å². The van der Waals surface area contributed by atoms with Gasteiger partial charge in [-0.15, -0.1) is 0 Å². The fourth-order valence-electron chi connectivity index (χ4n) is 2.20. The highest BCUT2D eigenvalue weighted by atomic mass is 16.6. The van der Waals surface area contributed by atoms with Gasteiger partial charge in [0.05, 0.1) is 10.5 Å². The molecule has 1 aliphatic rings. The lowest BCUT2D eigenvalue weighted by molar-refractivity contribution is -0.386. The molecule has 7 nitrogen and oxygen atoms in total. The molecule has 1 heterocycles. The number of carbonyl (C=O) groups excluding carboxylic acids is 1. The van der Waals surface area contributed by atoms with Crippen LogP contribution in [-0.4, -0.2) is 28.5 Å². The van der Waals surface area contributed by atoms with E-state index in [-0.39, 0.29) is 40.9 Å². The van der Waals surface area contributed by atoms with Crippen molar-refractivity contribution in [3.05, 3.63) is 58.1 Å². The van der Waals surface area contributed by atoms with Crippen LogP contribution in [-0.2, 0) is 0 Å². The Morgan fingerprint density at radius 2 is 2.05 bits per heavy atom. The van der Waals surface area contributed by atoms with E-state index in [0.717, 1.165) is 0 Å². The Hall–Kier alpha value is -3.09. The van der Waals surface area contributed by atoms with Gasteiger partial charge in [0, 0.05) is 12.1 Å². The van der Waals surface area contributed by atoms with Crippen molar-refractivity contribution in [1.29, 1.82) is 0 Å². The number of nitrogens with zero attached hydrogens (tertiary/aromatic N) is 1. The summed E-state index contributed by atoms with van der Waals surface area (Å²) in [6, 6.07) is 9.97. The molecule has 0 saturated carbocycles. The van der Waals surface area contributed by atoms with Crippen molar-refractivity contribution in [3.8, 4) is 17.2 Å². The van der Waals surface area contributed by atoms with Crippen LogP contribution in [0.15, 0.2) is 42.5 Å². The first kappa shape index (κ1) is 13.9. The molecule has 0 radical (unpaired) electrons. The first-order valence-electron chi connectivity index (χ1n) is 6.46. The summed E-state index contributed by atoms with van der Waals surface area (Å²) >= 11 is 0. The predicted octanol–water partition coefficient (Wildman–Crippen LogP) is 2.32. The van der Waals surface area contributed by atoms with Crippen LogP contribution in [0.25, 0.3) is 0 Å². The number of hydrogen-bond acceptors (Lipinski definition) is 6. The lowest BCUT2D eigenvalue weighted by atomic mass is 10.0. The maximum absolute atomic E-state index is 12.4. The molecular formula is C15H11NO6. The summed E-state index contributed by atoms with van der Waals surface area (Å²) in [6.07, 6.45) is -0.974. The molecule has 0 saturated heterocycles. The second-order valence-corrected chi connectivity index (χ2v) is 4.69. The van der Waals surface area contributed by atoms with E-state index in [4.69, 9.17) is 9.47 Å². The van der Waals surface area contributed by atoms with Crippen molar-refractivity contribution >= 4 is 11.5 Å². The topological polar surface area (TPSA) is 98.9 Å². The molecule has 112 valence electrons. The molecule has 0 bridgehead atoms. The fourth-order valence-corrected chi connectivity index (χ4v) is 2.20. The standard InChI is InChI=1S/C15H11NO6/c17-9-5-6-10-13(7-9)21-8-14(15(10)18)22-12-4-2-1-3-11(12)16(19)20/h1-7,14,17H,8H2. The van der Waals surface area contributed by atoms with E-state index in [2.05, 4.69) is 0 Å². The molecule has 3 rings (SSSR count). The fraction of sp³-hybridized carbons (Fsp3) is 0.133. The van der Waals surface area contributed by atoms with Gasteiger partial charge in [-0.25, -0.2) is 0 Å². The van der Waals surface area contributed by atoms with Gasteiger partial charge >= 0.3 is 5.69 Å². The van der Waals surface area contributed by atoms with Gasteiger partial charge < -0.3 is 14.6 Å². The van der Waals surface area contributed by atoms with Crippen LogP contribution in [0.3, 0.4) is 0 Å². The first-order valence-corrected chi connectivity index (χ1v) is 6.46. The van der Waals surface area contributed by atoms with Crippen LogP contribution in [0.5, 0.6) is 17.2 Å². The largest absolute Gasteiger partial charge is 0.508 e. The number of phenols is 1. The Balaban J connectivity index is 1.88. The van der Waals surface area contributed by atoms with E-state index in [0.29, 0.717) is 0 Å². The number of benzene rings is 2. The highest BCUT2D eigenvalue weighted by Crippen LogP contribution is 2.32. The molecule has 0 aliphatic carbocycles. The molecule has 1 N–H and O–H groups in total. The third-order valence-corrected chi connectivity index (χ3v) is 3.24. The molecule has 2 aromatic rings. The molecule has 1 unspecified atom stereocenters. The zero-order valence-electron chi connectivity index (χ0n) is 11.3. The highest BCUT2D eigenvalue weighted by Gasteiger charge is 2.32. The number of Topliss-reactive ketones (excluding diaryl/α,β-unsaturated/α-hetero) is 1. The minimum atomic E-state index is -0.974. The molecule has 0 fully saturated rings. The van der Waals surface area contributed by atoms with Crippen LogP contribution in [0, 0.1) is 10.1 Å². The second kappa shape index (κ2) is 5.36. The maximum Gasteiger partial charge on any atom is 0.310 e.